The average molecular weight is 480 g/mol. The lowest BCUT2D eigenvalue weighted by Gasteiger charge is -2.12. The van der Waals surface area contributed by atoms with E-state index in [2.05, 4.69) is 5.32 Å². The van der Waals surface area contributed by atoms with Gasteiger partial charge in [-0.1, -0.05) is 59.6 Å². The molecule has 0 radical (unpaired) electrons. The molecule has 0 spiro atoms. The van der Waals surface area contributed by atoms with Gasteiger partial charge in [0.2, 0.25) is 5.91 Å². The number of ether oxygens (including phenoxy) is 1. The van der Waals surface area contributed by atoms with Crippen molar-refractivity contribution in [3.05, 3.63) is 94.2 Å². The van der Waals surface area contributed by atoms with Gasteiger partial charge in [-0.25, -0.2) is 0 Å². The molecule has 0 aliphatic carbocycles. The fraction of sp³-hybridized carbons (Fsp3) is 0.148. The highest BCUT2D eigenvalue weighted by Crippen LogP contribution is 2.40. The first kappa shape index (κ1) is 23.0. The number of rotatable bonds is 7. The third-order valence-corrected chi connectivity index (χ3v) is 5.83. The monoisotopic (exact) mass is 479 g/mol. The van der Waals surface area contributed by atoms with Crippen LogP contribution in [0.4, 0.5) is 0 Å². The lowest BCUT2D eigenvalue weighted by atomic mass is 9.99. The SMILES string of the molecule is CCOc1cc2occ(-c3ccc(Cl)cc3Cl)c2cc1/C(C)=C/C(=O)NCc1ccccc1. The van der Waals surface area contributed by atoms with Crippen molar-refractivity contribution in [2.75, 3.05) is 6.61 Å². The van der Waals surface area contributed by atoms with E-state index in [1.54, 1.807) is 24.5 Å². The van der Waals surface area contributed by atoms with Crippen molar-refractivity contribution in [1.29, 1.82) is 0 Å². The minimum atomic E-state index is -0.174. The Kier molecular flexibility index (Phi) is 7.07. The van der Waals surface area contributed by atoms with Crippen LogP contribution in [0.15, 0.2) is 77.4 Å². The van der Waals surface area contributed by atoms with Crippen molar-refractivity contribution < 1.29 is 13.9 Å². The number of nitrogens with one attached hydrogen (secondary N) is 1. The van der Waals surface area contributed by atoms with Crippen molar-refractivity contribution in [3.63, 3.8) is 0 Å². The molecule has 0 aliphatic rings. The zero-order chi connectivity index (χ0) is 23.4. The quantitative estimate of drug-likeness (QED) is 0.278. The molecule has 1 N–H and O–H groups in total. The highest BCUT2D eigenvalue weighted by atomic mass is 35.5. The predicted molar refractivity (Wildman–Crippen MR) is 135 cm³/mol. The number of benzene rings is 3. The molecule has 4 nitrogen and oxygen atoms in total. The highest BCUT2D eigenvalue weighted by Gasteiger charge is 2.17. The molecule has 168 valence electrons. The summed E-state index contributed by atoms with van der Waals surface area (Å²) in [5.74, 6) is 0.477. The van der Waals surface area contributed by atoms with E-state index in [0.717, 1.165) is 33.2 Å². The van der Waals surface area contributed by atoms with Crippen molar-refractivity contribution in [2.24, 2.45) is 0 Å². The lowest BCUT2D eigenvalue weighted by Crippen LogP contribution is -2.20. The summed E-state index contributed by atoms with van der Waals surface area (Å²) in [6, 6.07) is 19.0. The summed E-state index contributed by atoms with van der Waals surface area (Å²) in [4.78, 5) is 12.6. The molecule has 6 heteroatoms. The minimum absolute atomic E-state index is 0.174. The van der Waals surface area contributed by atoms with E-state index in [0.29, 0.717) is 34.5 Å². The van der Waals surface area contributed by atoms with Crippen LogP contribution in [0.5, 0.6) is 5.75 Å². The molecule has 1 amide bonds. The maximum atomic E-state index is 12.6. The molecule has 1 heterocycles. The van der Waals surface area contributed by atoms with Crippen LogP contribution in [0.25, 0.3) is 27.7 Å². The maximum absolute atomic E-state index is 12.6. The van der Waals surface area contributed by atoms with E-state index in [4.69, 9.17) is 32.4 Å². The summed E-state index contributed by atoms with van der Waals surface area (Å²) in [7, 11) is 0. The average Bonchev–Trinajstić information content (AvgIpc) is 3.20. The summed E-state index contributed by atoms with van der Waals surface area (Å²) in [5, 5.41) is 4.90. The Morgan fingerprint density at radius 2 is 1.85 bits per heavy atom. The molecule has 33 heavy (non-hydrogen) atoms. The van der Waals surface area contributed by atoms with Crippen LogP contribution >= 0.6 is 23.2 Å². The maximum Gasteiger partial charge on any atom is 0.244 e. The van der Waals surface area contributed by atoms with Crippen LogP contribution in [0.2, 0.25) is 10.0 Å². The van der Waals surface area contributed by atoms with Crippen LogP contribution in [-0.2, 0) is 11.3 Å². The van der Waals surface area contributed by atoms with E-state index < -0.39 is 0 Å². The molecule has 3 aromatic carbocycles. The zero-order valence-corrected chi connectivity index (χ0v) is 19.8. The molecule has 0 saturated carbocycles. The number of halogens is 2. The van der Waals surface area contributed by atoms with Crippen molar-refractivity contribution >= 4 is 45.7 Å². The Labute approximate surface area is 202 Å². The summed E-state index contributed by atoms with van der Waals surface area (Å²) in [5.41, 5.74) is 4.96. The van der Waals surface area contributed by atoms with Crippen molar-refractivity contribution in [3.8, 4) is 16.9 Å². The number of carbonyl (C=O) groups is 1. The molecule has 0 fully saturated rings. The van der Waals surface area contributed by atoms with Gasteiger partial charge in [0.1, 0.15) is 11.3 Å². The van der Waals surface area contributed by atoms with Crippen LogP contribution in [-0.4, -0.2) is 12.5 Å². The molecular weight excluding hydrogens is 457 g/mol. The topological polar surface area (TPSA) is 51.5 Å². The van der Waals surface area contributed by atoms with Gasteiger partial charge in [-0.2, -0.15) is 0 Å². The van der Waals surface area contributed by atoms with Gasteiger partial charge in [-0.15, -0.1) is 0 Å². The number of hydrogen-bond donors (Lipinski definition) is 1. The second-order valence-electron chi connectivity index (χ2n) is 7.58. The summed E-state index contributed by atoms with van der Waals surface area (Å²) in [6.07, 6.45) is 3.26. The van der Waals surface area contributed by atoms with Gasteiger partial charge in [0.25, 0.3) is 0 Å². The van der Waals surface area contributed by atoms with Gasteiger partial charge < -0.3 is 14.5 Å². The fourth-order valence-electron chi connectivity index (χ4n) is 3.67. The number of furan rings is 1. The molecule has 4 rings (SSSR count). The zero-order valence-electron chi connectivity index (χ0n) is 18.3. The Morgan fingerprint density at radius 1 is 1.06 bits per heavy atom. The lowest BCUT2D eigenvalue weighted by molar-refractivity contribution is -0.116. The van der Waals surface area contributed by atoms with E-state index in [1.165, 1.54) is 0 Å². The predicted octanol–water partition coefficient (Wildman–Crippen LogP) is 7.53. The van der Waals surface area contributed by atoms with Crippen LogP contribution in [0.1, 0.15) is 25.0 Å². The van der Waals surface area contributed by atoms with Crippen molar-refractivity contribution in [2.45, 2.75) is 20.4 Å². The molecule has 4 aromatic rings. The second kappa shape index (κ2) is 10.2. The van der Waals surface area contributed by atoms with Crippen LogP contribution in [0.3, 0.4) is 0 Å². The van der Waals surface area contributed by atoms with Gasteiger partial charge in [0, 0.05) is 45.8 Å². The molecule has 0 aliphatic heterocycles. The smallest absolute Gasteiger partial charge is 0.244 e. The Morgan fingerprint density at radius 3 is 2.58 bits per heavy atom. The van der Waals surface area contributed by atoms with Crippen LogP contribution < -0.4 is 10.1 Å². The molecule has 0 saturated heterocycles. The first-order valence-electron chi connectivity index (χ1n) is 10.6. The molecule has 0 bridgehead atoms. The third kappa shape index (κ3) is 5.24. The second-order valence-corrected chi connectivity index (χ2v) is 8.43. The number of hydrogen-bond acceptors (Lipinski definition) is 3. The molecule has 0 unspecified atom stereocenters. The van der Waals surface area contributed by atoms with Gasteiger partial charge in [0.15, 0.2) is 0 Å². The summed E-state index contributed by atoms with van der Waals surface area (Å²) >= 11 is 12.5. The van der Waals surface area contributed by atoms with Crippen molar-refractivity contribution in [1.82, 2.24) is 5.32 Å². The standard InChI is InChI=1S/C27H23Cl2NO3/c1-3-32-25-14-26-22(23(16-33-26)20-10-9-19(28)12-24(20)29)13-21(25)17(2)11-27(31)30-15-18-7-5-4-6-8-18/h4-14,16H,3,15H2,1-2H3,(H,30,31)/b17-11+. The largest absolute Gasteiger partial charge is 0.493 e. The van der Waals surface area contributed by atoms with Gasteiger partial charge in [0.05, 0.1) is 17.9 Å². The number of carbonyl (C=O) groups excluding carboxylic acids is 1. The number of amides is 1. The normalized spacial score (nSPS) is 11.6. The van der Waals surface area contributed by atoms with Gasteiger partial charge in [-0.05, 0) is 43.2 Å². The number of allylic oxidation sites excluding steroid dienone is 1. The highest BCUT2D eigenvalue weighted by molar-refractivity contribution is 6.36. The Hall–Kier alpha value is -3.21. The minimum Gasteiger partial charge on any atom is -0.493 e. The van der Waals surface area contributed by atoms with Crippen LogP contribution in [0, 0.1) is 0 Å². The third-order valence-electron chi connectivity index (χ3n) is 5.28. The Bertz CT molecular complexity index is 1330. The summed E-state index contributed by atoms with van der Waals surface area (Å²) in [6.45, 7) is 4.76. The fourth-order valence-corrected chi connectivity index (χ4v) is 4.18. The Balaban J connectivity index is 1.69. The summed E-state index contributed by atoms with van der Waals surface area (Å²) < 4.78 is 11.7. The molecular formula is C27H23Cl2NO3. The van der Waals surface area contributed by atoms with E-state index >= 15 is 0 Å². The number of fused-ring (bicyclic) bond motifs is 1. The van der Waals surface area contributed by atoms with Gasteiger partial charge >= 0.3 is 0 Å². The first-order chi connectivity index (χ1) is 16.0. The van der Waals surface area contributed by atoms with Gasteiger partial charge in [-0.3, -0.25) is 4.79 Å². The van der Waals surface area contributed by atoms with E-state index in [9.17, 15) is 4.79 Å². The van der Waals surface area contributed by atoms with E-state index in [1.807, 2.05) is 62.4 Å². The first-order valence-corrected chi connectivity index (χ1v) is 11.4. The van der Waals surface area contributed by atoms with E-state index in [-0.39, 0.29) is 5.91 Å². The molecule has 1 aromatic heterocycles. The molecule has 0 atom stereocenters.